The maximum Gasteiger partial charge on any atom is 0.249 e. The Kier molecular flexibility index (Phi) is 3.03. The van der Waals surface area contributed by atoms with Crippen molar-refractivity contribution in [2.45, 2.75) is 44.4 Å². The summed E-state index contributed by atoms with van der Waals surface area (Å²) >= 11 is 0. The number of hydrogen-bond donors (Lipinski definition) is 2. The molecule has 2 aliphatic rings. The summed E-state index contributed by atoms with van der Waals surface area (Å²) in [5.41, 5.74) is 0. The highest BCUT2D eigenvalue weighted by Gasteiger charge is 2.29. The molecule has 0 bridgehead atoms. The average Bonchev–Trinajstić information content (AvgIpc) is 2.75. The first-order valence-electron chi connectivity index (χ1n) is 5.42. The predicted octanol–water partition coefficient (Wildman–Crippen LogP) is 0.0320. The quantitative estimate of drug-likeness (QED) is 0.658. The third-order valence-corrected chi connectivity index (χ3v) is 2.93. The van der Waals surface area contributed by atoms with E-state index in [4.69, 9.17) is 4.74 Å². The Balaban J connectivity index is 1.77. The van der Waals surface area contributed by atoms with Crippen molar-refractivity contribution in [3.8, 4) is 0 Å². The summed E-state index contributed by atoms with van der Waals surface area (Å²) in [7, 11) is 0. The van der Waals surface area contributed by atoms with Gasteiger partial charge in [-0.1, -0.05) is 0 Å². The number of amides is 1. The van der Waals surface area contributed by atoms with Gasteiger partial charge in [-0.3, -0.25) is 4.79 Å². The summed E-state index contributed by atoms with van der Waals surface area (Å²) in [6.07, 6.45) is 2.94. The van der Waals surface area contributed by atoms with Crippen LogP contribution in [0.25, 0.3) is 0 Å². The van der Waals surface area contributed by atoms with E-state index in [0.29, 0.717) is 6.04 Å². The molecule has 80 valence electrons. The summed E-state index contributed by atoms with van der Waals surface area (Å²) in [5, 5.41) is 6.24. The molecule has 2 heterocycles. The summed E-state index contributed by atoms with van der Waals surface area (Å²) in [5.74, 6) is 0.0723. The van der Waals surface area contributed by atoms with E-state index in [1.54, 1.807) is 0 Å². The van der Waals surface area contributed by atoms with Crippen LogP contribution in [0.2, 0.25) is 0 Å². The molecule has 0 aromatic carbocycles. The predicted molar refractivity (Wildman–Crippen MR) is 53.0 cm³/mol. The van der Waals surface area contributed by atoms with Gasteiger partial charge in [0.2, 0.25) is 5.91 Å². The van der Waals surface area contributed by atoms with Crippen LogP contribution >= 0.6 is 0 Å². The number of hydrogen-bond acceptors (Lipinski definition) is 3. The fourth-order valence-electron chi connectivity index (χ4n) is 2.07. The van der Waals surface area contributed by atoms with Gasteiger partial charge < -0.3 is 15.4 Å². The maximum atomic E-state index is 11.7. The van der Waals surface area contributed by atoms with E-state index in [9.17, 15) is 4.79 Å². The highest BCUT2D eigenvalue weighted by atomic mass is 16.5. The van der Waals surface area contributed by atoms with Gasteiger partial charge in [0.25, 0.3) is 0 Å². The van der Waals surface area contributed by atoms with E-state index in [-0.39, 0.29) is 18.1 Å². The lowest BCUT2D eigenvalue weighted by Gasteiger charge is -2.15. The lowest BCUT2D eigenvalue weighted by atomic mass is 10.2. The minimum Gasteiger partial charge on any atom is -0.365 e. The fourth-order valence-corrected chi connectivity index (χ4v) is 2.07. The van der Waals surface area contributed by atoms with Crippen LogP contribution in [0.3, 0.4) is 0 Å². The smallest absolute Gasteiger partial charge is 0.249 e. The molecular formula is C10H18N2O2. The second kappa shape index (κ2) is 4.28. The Morgan fingerprint density at radius 3 is 2.86 bits per heavy atom. The highest BCUT2D eigenvalue weighted by Crippen LogP contribution is 2.19. The molecule has 3 atom stereocenters. The van der Waals surface area contributed by atoms with E-state index in [1.165, 1.54) is 0 Å². The van der Waals surface area contributed by atoms with Crippen LogP contribution in [0.4, 0.5) is 0 Å². The van der Waals surface area contributed by atoms with Gasteiger partial charge in [-0.15, -0.1) is 0 Å². The molecular weight excluding hydrogens is 180 g/mol. The Labute approximate surface area is 84.4 Å². The summed E-state index contributed by atoms with van der Waals surface area (Å²) < 4.78 is 5.50. The van der Waals surface area contributed by atoms with Crippen molar-refractivity contribution >= 4 is 5.91 Å². The molecule has 14 heavy (non-hydrogen) atoms. The van der Waals surface area contributed by atoms with Crippen LogP contribution < -0.4 is 10.6 Å². The van der Waals surface area contributed by atoms with Crippen LogP contribution in [-0.4, -0.2) is 37.2 Å². The van der Waals surface area contributed by atoms with Gasteiger partial charge in [0.1, 0.15) is 6.10 Å². The van der Waals surface area contributed by atoms with Gasteiger partial charge in [-0.2, -0.15) is 0 Å². The molecule has 1 amide bonds. The molecule has 2 saturated heterocycles. The summed E-state index contributed by atoms with van der Waals surface area (Å²) in [6.45, 7) is 3.92. The lowest BCUT2D eigenvalue weighted by Crippen LogP contribution is -2.42. The standard InChI is InChI=1S/C10H18N2O2/c1-7-2-3-9(14-7)10(13)12-8-4-5-11-6-8/h7-9,11H,2-6H2,1H3,(H,12,13)/t7?,8-,9?/m0/s1. The van der Waals surface area contributed by atoms with Crippen molar-refractivity contribution in [3.63, 3.8) is 0 Å². The van der Waals surface area contributed by atoms with Crippen LogP contribution in [0.15, 0.2) is 0 Å². The molecule has 4 heteroatoms. The normalized spacial score (nSPS) is 37.4. The molecule has 0 saturated carbocycles. The molecule has 4 nitrogen and oxygen atoms in total. The van der Waals surface area contributed by atoms with Crippen molar-refractivity contribution in [2.24, 2.45) is 0 Å². The Bertz CT molecular complexity index is 214. The van der Waals surface area contributed by atoms with Gasteiger partial charge in [0.15, 0.2) is 0 Å². The first-order chi connectivity index (χ1) is 6.75. The third-order valence-electron chi connectivity index (χ3n) is 2.93. The molecule has 0 aromatic rings. The SMILES string of the molecule is CC1CCC(C(=O)N[C@H]2CCNC2)O1. The molecule has 0 radical (unpaired) electrons. The minimum absolute atomic E-state index is 0.0723. The topological polar surface area (TPSA) is 50.4 Å². The zero-order chi connectivity index (χ0) is 9.97. The first-order valence-corrected chi connectivity index (χ1v) is 5.42. The van der Waals surface area contributed by atoms with Gasteiger partial charge in [0.05, 0.1) is 6.10 Å². The number of carbonyl (C=O) groups is 1. The van der Waals surface area contributed by atoms with Crippen molar-refractivity contribution in [1.29, 1.82) is 0 Å². The van der Waals surface area contributed by atoms with Gasteiger partial charge in [0, 0.05) is 12.6 Å². The second-order valence-corrected chi connectivity index (χ2v) is 4.21. The van der Waals surface area contributed by atoms with Crippen molar-refractivity contribution in [2.75, 3.05) is 13.1 Å². The largest absolute Gasteiger partial charge is 0.365 e. The molecule has 2 fully saturated rings. The summed E-state index contributed by atoms with van der Waals surface area (Å²) in [4.78, 5) is 11.7. The fraction of sp³-hybridized carbons (Fsp3) is 0.900. The molecule has 0 spiro atoms. The second-order valence-electron chi connectivity index (χ2n) is 4.21. The van der Waals surface area contributed by atoms with Crippen LogP contribution in [-0.2, 0) is 9.53 Å². The number of carbonyl (C=O) groups excluding carboxylic acids is 1. The van der Waals surface area contributed by atoms with Crippen molar-refractivity contribution in [1.82, 2.24) is 10.6 Å². The minimum atomic E-state index is -0.203. The third kappa shape index (κ3) is 2.25. The van der Waals surface area contributed by atoms with E-state index in [1.807, 2.05) is 6.92 Å². The average molecular weight is 198 g/mol. The zero-order valence-electron chi connectivity index (χ0n) is 8.58. The maximum absolute atomic E-state index is 11.7. The number of rotatable bonds is 2. The van der Waals surface area contributed by atoms with E-state index in [2.05, 4.69) is 10.6 Å². The van der Waals surface area contributed by atoms with Gasteiger partial charge in [-0.25, -0.2) is 0 Å². The molecule has 2 N–H and O–H groups in total. The molecule has 2 unspecified atom stereocenters. The molecule has 0 aliphatic carbocycles. The molecule has 2 aliphatic heterocycles. The van der Waals surface area contributed by atoms with Crippen molar-refractivity contribution in [3.05, 3.63) is 0 Å². The van der Waals surface area contributed by atoms with E-state index >= 15 is 0 Å². The van der Waals surface area contributed by atoms with Crippen LogP contribution in [0, 0.1) is 0 Å². The van der Waals surface area contributed by atoms with Crippen LogP contribution in [0.5, 0.6) is 0 Å². The molecule has 0 aromatic heterocycles. The first kappa shape index (κ1) is 9.93. The van der Waals surface area contributed by atoms with E-state index in [0.717, 1.165) is 32.4 Å². The number of ether oxygens (including phenoxy) is 1. The van der Waals surface area contributed by atoms with Crippen LogP contribution in [0.1, 0.15) is 26.2 Å². The highest BCUT2D eigenvalue weighted by molar-refractivity contribution is 5.81. The molecule has 2 rings (SSSR count). The van der Waals surface area contributed by atoms with Crippen molar-refractivity contribution < 1.29 is 9.53 Å². The Morgan fingerprint density at radius 2 is 2.29 bits per heavy atom. The zero-order valence-corrected chi connectivity index (χ0v) is 8.58. The van der Waals surface area contributed by atoms with Gasteiger partial charge >= 0.3 is 0 Å². The lowest BCUT2D eigenvalue weighted by molar-refractivity contribution is -0.132. The Morgan fingerprint density at radius 1 is 1.43 bits per heavy atom. The Hall–Kier alpha value is -0.610. The van der Waals surface area contributed by atoms with E-state index < -0.39 is 0 Å². The van der Waals surface area contributed by atoms with Gasteiger partial charge in [-0.05, 0) is 32.7 Å². The summed E-state index contributed by atoms with van der Waals surface area (Å²) in [6, 6.07) is 0.307. The monoisotopic (exact) mass is 198 g/mol. The number of nitrogens with one attached hydrogen (secondary N) is 2.